The van der Waals surface area contributed by atoms with Gasteiger partial charge in [-0.1, -0.05) is 25.1 Å². The van der Waals surface area contributed by atoms with Gasteiger partial charge in [-0.3, -0.25) is 0 Å². The van der Waals surface area contributed by atoms with Crippen LogP contribution in [0.4, 0.5) is 5.69 Å². The van der Waals surface area contributed by atoms with E-state index in [4.69, 9.17) is 0 Å². The van der Waals surface area contributed by atoms with Gasteiger partial charge >= 0.3 is 0 Å². The van der Waals surface area contributed by atoms with Crippen molar-refractivity contribution >= 4 is 26.7 Å². The van der Waals surface area contributed by atoms with Crippen molar-refractivity contribution in [2.45, 2.75) is 30.8 Å². The zero-order valence-electron chi connectivity index (χ0n) is 14.9. The minimum absolute atomic E-state index is 0.0981. The van der Waals surface area contributed by atoms with Gasteiger partial charge in [-0.15, -0.1) is 0 Å². The maximum atomic E-state index is 13.6. The van der Waals surface area contributed by atoms with Crippen molar-refractivity contribution in [2.75, 3.05) is 18.5 Å². The molecule has 3 heterocycles. The van der Waals surface area contributed by atoms with Gasteiger partial charge in [-0.05, 0) is 30.2 Å². The van der Waals surface area contributed by atoms with Gasteiger partial charge in [0.15, 0.2) is 0 Å². The van der Waals surface area contributed by atoms with Gasteiger partial charge in [0.05, 0.1) is 0 Å². The number of fused-ring (bicyclic) bond motifs is 2. The van der Waals surface area contributed by atoms with Crippen LogP contribution in [0.3, 0.4) is 0 Å². The van der Waals surface area contributed by atoms with Gasteiger partial charge in [-0.25, -0.2) is 13.4 Å². The van der Waals surface area contributed by atoms with Crippen molar-refractivity contribution in [3.05, 3.63) is 54.4 Å². The van der Waals surface area contributed by atoms with E-state index in [0.29, 0.717) is 29.0 Å². The van der Waals surface area contributed by atoms with E-state index in [9.17, 15) is 8.42 Å². The normalized spacial score (nSPS) is 18.7. The van der Waals surface area contributed by atoms with Crippen LogP contribution in [0, 0.1) is 0 Å². The van der Waals surface area contributed by atoms with Crippen LogP contribution in [-0.2, 0) is 16.6 Å². The molecule has 0 fully saturated rings. The summed E-state index contributed by atoms with van der Waals surface area (Å²) in [6.07, 6.45) is 3.96. The highest BCUT2D eigenvalue weighted by molar-refractivity contribution is 7.89. The molecular weight excluding hydrogens is 348 g/mol. The Bertz CT molecular complexity index is 1040. The quantitative estimate of drug-likeness (QED) is 0.769. The number of hydrogen-bond acceptors (Lipinski definition) is 4. The first-order valence-electron chi connectivity index (χ1n) is 8.75. The summed E-state index contributed by atoms with van der Waals surface area (Å²) in [4.78, 5) is 9.64. The number of benzene rings is 1. The summed E-state index contributed by atoms with van der Waals surface area (Å²) in [6.45, 7) is 3.06. The Morgan fingerprint density at radius 3 is 2.85 bits per heavy atom. The number of sulfonamides is 1. The molecule has 1 N–H and O–H groups in total. The molecule has 1 atom stereocenters. The van der Waals surface area contributed by atoms with Crippen LogP contribution >= 0.6 is 0 Å². The number of aromatic nitrogens is 2. The molecule has 0 amide bonds. The van der Waals surface area contributed by atoms with Gasteiger partial charge in [0.2, 0.25) is 10.0 Å². The number of rotatable bonds is 3. The summed E-state index contributed by atoms with van der Waals surface area (Å²) >= 11 is 0. The molecule has 1 aromatic carbocycles. The lowest BCUT2D eigenvalue weighted by molar-refractivity contribution is 0.315. The third-order valence-corrected chi connectivity index (χ3v) is 7.03. The molecule has 0 spiro atoms. The van der Waals surface area contributed by atoms with Crippen LogP contribution < -0.4 is 4.90 Å². The Labute approximate surface area is 153 Å². The summed E-state index contributed by atoms with van der Waals surface area (Å²) in [5.41, 5.74) is 2.70. The Morgan fingerprint density at radius 1 is 1.23 bits per heavy atom. The van der Waals surface area contributed by atoms with Crippen LogP contribution in [0.25, 0.3) is 11.0 Å². The number of likely N-dealkylation sites (N-methyl/N-ethyl adjacent to an activating group) is 1. The number of aromatic amines is 1. The van der Waals surface area contributed by atoms with Crippen LogP contribution in [0.15, 0.2) is 53.7 Å². The predicted molar refractivity (Wildman–Crippen MR) is 103 cm³/mol. The second-order valence-electron chi connectivity index (χ2n) is 6.67. The van der Waals surface area contributed by atoms with Crippen molar-refractivity contribution in [3.63, 3.8) is 0 Å². The molecule has 0 bridgehead atoms. The number of nitrogens with zero attached hydrogens (tertiary/aromatic N) is 3. The highest BCUT2D eigenvalue weighted by atomic mass is 32.2. The standard InChI is InChI=1S/C19H22N4O2S/c1-3-15-13-22(2)17-9-5-4-7-14(17)12-23(15)26(24,25)18-11-21-19-16(18)8-6-10-20-19/h4-11,15H,3,12-13H2,1-2H3,(H,20,21)/t15-/m1/s1. The van der Waals surface area contributed by atoms with E-state index < -0.39 is 10.0 Å². The molecule has 0 saturated heterocycles. The fourth-order valence-corrected chi connectivity index (χ4v) is 5.52. The SMILES string of the molecule is CC[C@@H]1CN(C)c2ccccc2CN1S(=O)(=O)c1c[nH]c2ncccc12. The third kappa shape index (κ3) is 2.68. The summed E-state index contributed by atoms with van der Waals surface area (Å²) < 4.78 is 28.8. The minimum Gasteiger partial charge on any atom is -0.373 e. The largest absolute Gasteiger partial charge is 0.373 e. The first-order valence-corrected chi connectivity index (χ1v) is 10.2. The Morgan fingerprint density at radius 2 is 2.04 bits per heavy atom. The number of nitrogens with one attached hydrogen (secondary N) is 1. The molecule has 2 aromatic heterocycles. The average molecular weight is 370 g/mol. The van der Waals surface area contributed by atoms with E-state index in [2.05, 4.69) is 14.9 Å². The van der Waals surface area contributed by atoms with E-state index in [1.54, 1.807) is 28.8 Å². The molecule has 0 aliphatic carbocycles. The van der Waals surface area contributed by atoms with Crippen molar-refractivity contribution in [1.29, 1.82) is 0 Å². The Kier molecular flexibility index (Phi) is 4.20. The minimum atomic E-state index is -3.66. The fourth-order valence-electron chi connectivity index (χ4n) is 3.70. The van der Waals surface area contributed by atoms with Crippen molar-refractivity contribution in [3.8, 4) is 0 Å². The van der Waals surface area contributed by atoms with Gasteiger partial charge in [0, 0.05) is 49.6 Å². The lowest BCUT2D eigenvalue weighted by Crippen LogP contribution is -2.43. The molecule has 4 rings (SSSR count). The molecule has 7 heteroatoms. The summed E-state index contributed by atoms with van der Waals surface area (Å²) in [7, 11) is -1.64. The van der Waals surface area contributed by atoms with E-state index in [0.717, 1.165) is 17.7 Å². The average Bonchev–Trinajstić information content (AvgIpc) is 3.03. The van der Waals surface area contributed by atoms with Crippen LogP contribution in [0.1, 0.15) is 18.9 Å². The maximum absolute atomic E-state index is 13.6. The lowest BCUT2D eigenvalue weighted by atomic mass is 10.1. The Balaban J connectivity index is 1.84. The maximum Gasteiger partial charge on any atom is 0.245 e. The Hall–Kier alpha value is -2.38. The number of pyridine rings is 1. The molecule has 0 unspecified atom stereocenters. The topological polar surface area (TPSA) is 69.3 Å². The molecule has 26 heavy (non-hydrogen) atoms. The van der Waals surface area contributed by atoms with Gasteiger partial charge in [0.25, 0.3) is 0 Å². The monoisotopic (exact) mass is 370 g/mol. The van der Waals surface area contributed by atoms with Crippen molar-refractivity contribution in [1.82, 2.24) is 14.3 Å². The summed E-state index contributed by atoms with van der Waals surface area (Å²) in [5.74, 6) is 0. The van der Waals surface area contributed by atoms with E-state index in [1.165, 1.54) is 0 Å². The van der Waals surface area contributed by atoms with Crippen molar-refractivity contribution < 1.29 is 8.42 Å². The van der Waals surface area contributed by atoms with Crippen LogP contribution in [-0.4, -0.2) is 42.3 Å². The third-order valence-electron chi connectivity index (χ3n) is 5.09. The molecule has 1 aliphatic heterocycles. The second-order valence-corrected chi connectivity index (χ2v) is 8.53. The highest BCUT2D eigenvalue weighted by Crippen LogP contribution is 2.33. The molecule has 0 saturated carbocycles. The molecule has 0 radical (unpaired) electrons. The van der Waals surface area contributed by atoms with E-state index in [1.807, 2.05) is 38.2 Å². The molecular formula is C19H22N4O2S. The lowest BCUT2D eigenvalue weighted by Gasteiger charge is -2.29. The summed E-state index contributed by atoms with van der Waals surface area (Å²) in [5, 5.41) is 0.633. The van der Waals surface area contributed by atoms with Crippen molar-refractivity contribution in [2.24, 2.45) is 0 Å². The molecule has 1 aliphatic rings. The predicted octanol–water partition coefficient (Wildman–Crippen LogP) is 2.98. The smallest absolute Gasteiger partial charge is 0.245 e. The van der Waals surface area contributed by atoms with E-state index >= 15 is 0 Å². The zero-order chi connectivity index (χ0) is 18.3. The van der Waals surface area contributed by atoms with E-state index in [-0.39, 0.29) is 6.04 Å². The second kappa shape index (κ2) is 6.41. The van der Waals surface area contributed by atoms with Gasteiger partial charge in [0.1, 0.15) is 10.5 Å². The van der Waals surface area contributed by atoms with Crippen LogP contribution in [0.5, 0.6) is 0 Å². The van der Waals surface area contributed by atoms with Crippen LogP contribution in [0.2, 0.25) is 0 Å². The highest BCUT2D eigenvalue weighted by Gasteiger charge is 2.35. The van der Waals surface area contributed by atoms with Gasteiger partial charge < -0.3 is 9.88 Å². The molecule has 136 valence electrons. The zero-order valence-corrected chi connectivity index (χ0v) is 15.7. The first-order chi connectivity index (χ1) is 12.5. The summed E-state index contributed by atoms with van der Waals surface area (Å²) in [6, 6.07) is 11.5. The number of H-pyrrole nitrogens is 1. The molecule has 3 aromatic rings. The fraction of sp³-hybridized carbons (Fsp3) is 0.316. The van der Waals surface area contributed by atoms with Gasteiger partial charge in [-0.2, -0.15) is 4.31 Å². The number of anilines is 1. The number of hydrogen-bond donors (Lipinski definition) is 1. The number of para-hydroxylation sites is 1. The first kappa shape index (κ1) is 17.1. The molecule has 6 nitrogen and oxygen atoms in total.